The molecule has 25 heavy (non-hydrogen) atoms. The SMILES string of the molecule is Cc1cc(-c2nccn2C)nc([C@@H]2CCCN2C2CCN(C)CC2)n1. The molecule has 2 fully saturated rings. The van der Waals surface area contributed by atoms with Crippen LogP contribution in [0.3, 0.4) is 0 Å². The lowest BCUT2D eigenvalue weighted by atomic mass is 10.0. The van der Waals surface area contributed by atoms with Gasteiger partial charge in [-0.2, -0.15) is 0 Å². The molecule has 2 saturated heterocycles. The standard InChI is InChI=1S/C19H28N6/c1-14-13-16(19-20-8-12-24(19)3)22-18(21-14)17-5-4-9-25(17)15-6-10-23(2)11-7-15/h8,12-13,15,17H,4-7,9-11H2,1-3H3/t17-/m0/s1. The number of aryl methyl sites for hydroxylation is 2. The zero-order valence-electron chi connectivity index (χ0n) is 15.5. The number of nitrogens with zero attached hydrogens (tertiary/aromatic N) is 6. The molecule has 0 aliphatic carbocycles. The van der Waals surface area contributed by atoms with Gasteiger partial charge < -0.3 is 9.47 Å². The van der Waals surface area contributed by atoms with Gasteiger partial charge in [-0.1, -0.05) is 0 Å². The summed E-state index contributed by atoms with van der Waals surface area (Å²) in [6.07, 6.45) is 8.71. The van der Waals surface area contributed by atoms with Gasteiger partial charge in [0.25, 0.3) is 0 Å². The third-order valence-corrected chi connectivity index (χ3v) is 5.67. The topological polar surface area (TPSA) is 50.1 Å². The zero-order chi connectivity index (χ0) is 17.4. The summed E-state index contributed by atoms with van der Waals surface area (Å²) in [5.41, 5.74) is 1.96. The van der Waals surface area contributed by atoms with E-state index in [0.29, 0.717) is 12.1 Å². The molecule has 2 aliphatic heterocycles. The van der Waals surface area contributed by atoms with E-state index < -0.39 is 0 Å². The Hall–Kier alpha value is -1.79. The molecule has 134 valence electrons. The molecule has 0 saturated carbocycles. The van der Waals surface area contributed by atoms with Crippen LogP contribution in [0, 0.1) is 6.92 Å². The smallest absolute Gasteiger partial charge is 0.158 e. The maximum absolute atomic E-state index is 4.93. The van der Waals surface area contributed by atoms with Crippen molar-refractivity contribution in [2.24, 2.45) is 7.05 Å². The van der Waals surface area contributed by atoms with Gasteiger partial charge in [-0.25, -0.2) is 15.0 Å². The van der Waals surface area contributed by atoms with Crippen LogP contribution < -0.4 is 0 Å². The lowest BCUT2D eigenvalue weighted by Gasteiger charge is -2.37. The van der Waals surface area contributed by atoms with Gasteiger partial charge in [0, 0.05) is 31.2 Å². The molecular formula is C19H28N6. The van der Waals surface area contributed by atoms with Crippen LogP contribution >= 0.6 is 0 Å². The van der Waals surface area contributed by atoms with Gasteiger partial charge in [0.15, 0.2) is 5.82 Å². The molecule has 6 nitrogen and oxygen atoms in total. The van der Waals surface area contributed by atoms with E-state index in [-0.39, 0.29) is 0 Å². The lowest BCUT2D eigenvalue weighted by molar-refractivity contribution is 0.107. The zero-order valence-corrected chi connectivity index (χ0v) is 15.5. The summed E-state index contributed by atoms with van der Waals surface area (Å²) in [6.45, 7) is 5.63. The molecule has 4 rings (SSSR count). The van der Waals surface area contributed by atoms with Gasteiger partial charge in [0.2, 0.25) is 0 Å². The first-order valence-electron chi connectivity index (χ1n) is 9.39. The van der Waals surface area contributed by atoms with Crippen molar-refractivity contribution in [3.63, 3.8) is 0 Å². The number of imidazole rings is 1. The Morgan fingerprint density at radius 2 is 1.84 bits per heavy atom. The van der Waals surface area contributed by atoms with E-state index in [0.717, 1.165) is 29.5 Å². The van der Waals surface area contributed by atoms with Gasteiger partial charge in [-0.05, 0) is 65.4 Å². The summed E-state index contributed by atoms with van der Waals surface area (Å²) in [6, 6.07) is 3.07. The predicted molar refractivity (Wildman–Crippen MR) is 98.2 cm³/mol. The van der Waals surface area contributed by atoms with Crippen molar-refractivity contribution >= 4 is 0 Å². The summed E-state index contributed by atoms with van der Waals surface area (Å²) in [5.74, 6) is 1.89. The highest BCUT2D eigenvalue weighted by molar-refractivity contribution is 5.50. The number of rotatable bonds is 3. The van der Waals surface area contributed by atoms with Crippen LogP contribution in [-0.2, 0) is 7.05 Å². The first-order valence-corrected chi connectivity index (χ1v) is 9.39. The van der Waals surface area contributed by atoms with Crippen molar-refractivity contribution in [2.45, 2.75) is 44.7 Å². The van der Waals surface area contributed by atoms with Crippen molar-refractivity contribution in [1.29, 1.82) is 0 Å². The van der Waals surface area contributed by atoms with Crippen molar-refractivity contribution in [3.05, 3.63) is 30.0 Å². The molecular weight excluding hydrogens is 312 g/mol. The van der Waals surface area contributed by atoms with Crippen molar-refractivity contribution in [1.82, 2.24) is 29.3 Å². The van der Waals surface area contributed by atoms with E-state index in [1.165, 1.54) is 38.9 Å². The van der Waals surface area contributed by atoms with E-state index in [2.05, 4.69) is 28.8 Å². The molecule has 0 radical (unpaired) electrons. The van der Waals surface area contributed by atoms with Gasteiger partial charge in [-0.3, -0.25) is 4.90 Å². The summed E-state index contributed by atoms with van der Waals surface area (Å²) < 4.78 is 2.02. The van der Waals surface area contributed by atoms with E-state index in [1.807, 2.05) is 30.1 Å². The summed E-state index contributed by atoms with van der Waals surface area (Å²) in [4.78, 5) is 19.3. The second kappa shape index (κ2) is 6.84. The summed E-state index contributed by atoms with van der Waals surface area (Å²) >= 11 is 0. The van der Waals surface area contributed by atoms with Gasteiger partial charge >= 0.3 is 0 Å². The van der Waals surface area contributed by atoms with Crippen molar-refractivity contribution < 1.29 is 0 Å². The highest BCUT2D eigenvalue weighted by atomic mass is 15.2. The third kappa shape index (κ3) is 3.33. The number of piperidine rings is 1. The van der Waals surface area contributed by atoms with Crippen LogP contribution in [0.2, 0.25) is 0 Å². The van der Waals surface area contributed by atoms with Crippen molar-refractivity contribution in [3.8, 4) is 11.5 Å². The minimum Gasteiger partial charge on any atom is -0.333 e. The molecule has 2 aromatic heterocycles. The number of aromatic nitrogens is 4. The fraction of sp³-hybridized carbons (Fsp3) is 0.632. The Morgan fingerprint density at radius 3 is 2.56 bits per heavy atom. The third-order valence-electron chi connectivity index (χ3n) is 5.67. The highest BCUT2D eigenvalue weighted by Crippen LogP contribution is 2.35. The second-order valence-corrected chi connectivity index (χ2v) is 7.54. The molecule has 6 heteroatoms. The van der Waals surface area contributed by atoms with E-state index >= 15 is 0 Å². The predicted octanol–water partition coefficient (Wildman–Crippen LogP) is 2.42. The van der Waals surface area contributed by atoms with Gasteiger partial charge in [0.05, 0.1) is 6.04 Å². The lowest BCUT2D eigenvalue weighted by Crippen LogP contribution is -2.43. The molecule has 0 unspecified atom stereocenters. The largest absolute Gasteiger partial charge is 0.333 e. The average Bonchev–Trinajstić information content (AvgIpc) is 3.24. The fourth-order valence-electron chi connectivity index (χ4n) is 4.30. The Bertz CT molecular complexity index is 731. The summed E-state index contributed by atoms with van der Waals surface area (Å²) in [5, 5.41) is 0. The molecule has 2 aliphatic rings. The molecule has 0 N–H and O–H groups in total. The number of hydrogen-bond acceptors (Lipinski definition) is 5. The van der Waals surface area contributed by atoms with Crippen LogP contribution in [0.5, 0.6) is 0 Å². The highest BCUT2D eigenvalue weighted by Gasteiger charge is 2.35. The summed E-state index contributed by atoms with van der Waals surface area (Å²) in [7, 11) is 4.24. The van der Waals surface area contributed by atoms with Crippen LogP contribution in [0.4, 0.5) is 0 Å². The van der Waals surface area contributed by atoms with Crippen LogP contribution in [-0.4, -0.2) is 62.0 Å². The van der Waals surface area contributed by atoms with E-state index in [9.17, 15) is 0 Å². The minimum atomic E-state index is 0.354. The van der Waals surface area contributed by atoms with E-state index in [4.69, 9.17) is 9.97 Å². The normalized spacial score (nSPS) is 23.4. The Labute approximate surface area is 149 Å². The van der Waals surface area contributed by atoms with Crippen LogP contribution in [0.25, 0.3) is 11.5 Å². The number of likely N-dealkylation sites (tertiary alicyclic amines) is 2. The molecule has 2 aromatic rings. The van der Waals surface area contributed by atoms with Gasteiger partial charge in [-0.15, -0.1) is 0 Å². The maximum Gasteiger partial charge on any atom is 0.158 e. The fourth-order valence-corrected chi connectivity index (χ4v) is 4.30. The molecule has 1 atom stereocenters. The second-order valence-electron chi connectivity index (χ2n) is 7.54. The molecule has 0 bridgehead atoms. The Kier molecular flexibility index (Phi) is 4.56. The first-order chi connectivity index (χ1) is 12.1. The first kappa shape index (κ1) is 16.7. The molecule has 0 spiro atoms. The minimum absolute atomic E-state index is 0.354. The maximum atomic E-state index is 4.93. The monoisotopic (exact) mass is 340 g/mol. The Morgan fingerprint density at radius 1 is 1.04 bits per heavy atom. The molecule has 0 amide bonds. The van der Waals surface area contributed by atoms with Crippen LogP contribution in [0.1, 0.15) is 43.2 Å². The van der Waals surface area contributed by atoms with Crippen molar-refractivity contribution in [2.75, 3.05) is 26.7 Å². The Balaban J connectivity index is 1.62. The molecule has 4 heterocycles. The average molecular weight is 340 g/mol. The molecule has 0 aromatic carbocycles. The van der Waals surface area contributed by atoms with E-state index in [1.54, 1.807) is 0 Å². The quantitative estimate of drug-likeness (QED) is 0.859. The number of hydrogen-bond donors (Lipinski definition) is 0. The van der Waals surface area contributed by atoms with Crippen LogP contribution in [0.15, 0.2) is 18.5 Å². The van der Waals surface area contributed by atoms with Gasteiger partial charge in [0.1, 0.15) is 11.5 Å².